The predicted octanol–water partition coefficient (Wildman–Crippen LogP) is 2.05. The number of hydrogen-bond donors (Lipinski definition) is 2. The molecule has 0 aliphatic heterocycles. The number of aromatic hydroxyl groups is 1. The average Bonchev–Trinajstić information content (AvgIpc) is 2.58. The lowest BCUT2D eigenvalue weighted by molar-refractivity contribution is -0.155. The first-order valence-corrected chi connectivity index (χ1v) is 8.56. The molecule has 2 N–H and O–H groups in total. The molecule has 1 aromatic heterocycles. The lowest BCUT2D eigenvalue weighted by Crippen LogP contribution is -2.51. The Labute approximate surface area is 153 Å². The molecule has 8 heteroatoms. The zero-order chi connectivity index (χ0) is 19.7. The van der Waals surface area contributed by atoms with Crippen LogP contribution in [0.15, 0.2) is 12.3 Å². The first-order valence-electron chi connectivity index (χ1n) is 8.56. The minimum absolute atomic E-state index is 0.117. The highest BCUT2D eigenvalue weighted by Gasteiger charge is 2.34. The third-order valence-corrected chi connectivity index (χ3v) is 3.58. The monoisotopic (exact) mass is 368 g/mol. The van der Waals surface area contributed by atoms with Gasteiger partial charge in [-0.3, -0.25) is 4.79 Å². The summed E-state index contributed by atoms with van der Waals surface area (Å²) in [7, 11) is 1.36. The fourth-order valence-electron chi connectivity index (χ4n) is 2.05. The second-order valence-electron chi connectivity index (χ2n) is 6.41. The van der Waals surface area contributed by atoms with E-state index >= 15 is 0 Å². The quantitative estimate of drug-likeness (QED) is 0.481. The summed E-state index contributed by atoms with van der Waals surface area (Å²) in [5, 5.41) is 12.5. The minimum Gasteiger partial charge on any atom is -0.503 e. The molecule has 0 aliphatic carbocycles. The number of hydrogen-bond acceptors (Lipinski definition) is 7. The van der Waals surface area contributed by atoms with Crippen molar-refractivity contribution in [1.29, 1.82) is 0 Å². The zero-order valence-corrected chi connectivity index (χ0v) is 16.0. The third kappa shape index (κ3) is 6.18. The number of pyridine rings is 1. The minimum atomic E-state index is -1.30. The second-order valence-corrected chi connectivity index (χ2v) is 6.41. The summed E-state index contributed by atoms with van der Waals surface area (Å²) in [6.45, 7) is 7.98. The molecule has 0 bridgehead atoms. The predicted molar refractivity (Wildman–Crippen MR) is 95.3 cm³/mol. The number of nitrogens with one attached hydrogen (secondary N) is 1. The lowest BCUT2D eigenvalue weighted by Gasteiger charge is -2.26. The van der Waals surface area contributed by atoms with E-state index in [-0.39, 0.29) is 17.5 Å². The summed E-state index contributed by atoms with van der Waals surface area (Å²) >= 11 is 0. The number of methoxy groups -OCH3 is 1. The molecule has 1 rings (SSSR count). The van der Waals surface area contributed by atoms with Crippen LogP contribution in [0.4, 0.5) is 0 Å². The summed E-state index contributed by atoms with van der Waals surface area (Å²) in [5.74, 6) is -1.57. The molecule has 1 aromatic rings. The van der Waals surface area contributed by atoms with Crippen LogP contribution in [0.25, 0.3) is 0 Å². The first-order chi connectivity index (χ1) is 12.2. The van der Waals surface area contributed by atoms with Gasteiger partial charge < -0.3 is 24.6 Å². The van der Waals surface area contributed by atoms with Crippen LogP contribution < -0.4 is 10.1 Å². The first kappa shape index (κ1) is 21.7. The van der Waals surface area contributed by atoms with Gasteiger partial charge in [0.25, 0.3) is 5.91 Å². The van der Waals surface area contributed by atoms with Crippen LogP contribution in [-0.2, 0) is 14.3 Å². The van der Waals surface area contributed by atoms with Gasteiger partial charge in [-0.2, -0.15) is 0 Å². The van der Waals surface area contributed by atoms with Crippen molar-refractivity contribution in [2.24, 2.45) is 0 Å². The summed E-state index contributed by atoms with van der Waals surface area (Å²) in [6, 6.07) is 1.42. The van der Waals surface area contributed by atoms with Crippen LogP contribution in [-0.4, -0.2) is 53.9 Å². The molecule has 1 unspecified atom stereocenters. The van der Waals surface area contributed by atoms with E-state index in [0.29, 0.717) is 19.6 Å². The van der Waals surface area contributed by atoms with Gasteiger partial charge in [0.1, 0.15) is 11.6 Å². The highest BCUT2D eigenvalue weighted by atomic mass is 16.5. The Hall–Kier alpha value is -2.35. The van der Waals surface area contributed by atoms with E-state index in [4.69, 9.17) is 14.2 Å². The molecular formula is C18H28N2O6. The molecule has 0 aliphatic rings. The highest BCUT2D eigenvalue weighted by molar-refractivity contribution is 5.98. The molecular weight excluding hydrogens is 340 g/mol. The van der Waals surface area contributed by atoms with E-state index in [1.165, 1.54) is 33.2 Å². The molecule has 0 spiro atoms. The number of carbonyl (C=O) groups is 2. The molecule has 26 heavy (non-hydrogen) atoms. The summed E-state index contributed by atoms with van der Waals surface area (Å²) in [5.41, 5.74) is -1.53. The molecule has 0 saturated heterocycles. The maximum Gasteiger partial charge on any atom is 0.331 e. The van der Waals surface area contributed by atoms with Gasteiger partial charge >= 0.3 is 5.97 Å². The van der Waals surface area contributed by atoms with Crippen molar-refractivity contribution in [2.45, 2.75) is 52.2 Å². The number of amides is 1. The number of aromatic nitrogens is 1. The van der Waals surface area contributed by atoms with Gasteiger partial charge in [-0.15, -0.1) is 0 Å². The molecule has 0 saturated carbocycles. The third-order valence-electron chi connectivity index (χ3n) is 3.58. The van der Waals surface area contributed by atoms with Crippen molar-refractivity contribution in [3.05, 3.63) is 18.0 Å². The van der Waals surface area contributed by atoms with Gasteiger partial charge in [0.05, 0.1) is 13.7 Å². The van der Waals surface area contributed by atoms with Crippen molar-refractivity contribution < 1.29 is 28.9 Å². The summed E-state index contributed by atoms with van der Waals surface area (Å²) in [6.07, 6.45) is 2.47. The van der Waals surface area contributed by atoms with Crippen molar-refractivity contribution in [3.8, 4) is 11.5 Å². The van der Waals surface area contributed by atoms with E-state index in [1.807, 2.05) is 6.92 Å². The molecule has 1 amide bonds. The van der Waals surface area contributed by atoms with Crippen molar-refractivity contribution in [1.82, 2.24) is 10.3 Å². The maximum absolute atomic E-state index is 12.4. The highest BCUT2D eigenvalue weighted by Crippen LogP contribution is 2.27. The van der Waals surface area contributed by atoms with Crippen LogP contribution >= 0.6 is 0 Å². The number of esters is 1. The molecule has 1 heterocycles. The number of rotatable bonds is 10. The standard InChI is InChI=1S/C18H28N2O6/c1-6-10-25-11-8-12(2)26-17(23)18(3,4)20-16(22)14-15(21)13(24-5)7-9-19-14/h7,9,12,21H,6,8,10-11H2,1-5H3,(H,20,22). The molecule has 1 atom stereocenters. The average molecular weight is 368 g/mol. The van der Waals surface area contributed by atoms with Crippen molar-refractivity contribution >= 4 is 11.9 Å². The van der Waals surface area contributed by atoms with Crippen molar-refractivity contribution in [3.63, 3.8) is 0 Å². The SMILES string of the molecule is CCCOCCC(C)OC(=O)C(C)(C)NC(=O)c1nccc(OC)c1O. The fraction of sp³-hybridized carbons (Fsp3) is 0.611. The zero-order valence-electron chi connectivity index (χ0n) is 16.0. The normalized spacial score (nSPS) is 12.3. The van der Waals surface area contributed by atoms with E-state index in [1.54, 1.807) is 6.92 Å². The number of nitrogens with zero attached hydrogens (tertiary/aromatic N) is 1. The van der Waals surface area contributed by atoms with Gasteiger partial charge in [-0.05, 0) is 27.2 Å². The van der Waals surface area contributed by atoms with Gasteiger partial charge in [0, 0.05) is 25.3 Å². The van der Waals surface area contributed by atoms with Crippen LogP contribution in [0.1, 0.15) is 51.0 Å². The van der Waals surface area contributed by atoms with E-state index in [0.717, 1.165) is 6.42 Å². The molecule has 146 valence electrons. The Morgan fingerprint density at radius 1 is 1.35 bits per heavy atom. The second kappa shape index (κ2) is 9.96. The molecule has 0 radical (unpaired) electrons. The van der Waals surface area contributed by atoms with Gasteiger partial charge in [-0.1, -0.05) is 6.92 Å². The molecule has 0 fully saturated rings. The van der Waals surface area contributed by atoms with E-state index < -0.39 is 23.2 Å². The smallest absolute Gasteiger partial charge is 0.331 e. The van der Waals surface area contributed by atoms with Crippen LogP contribution in [0.5, 0.6) is 11.5 Å². The summed E-state index contributed by atoms with van der Waals surface area (Å²) in [4.78, 5) is 28.6. The van der Waals surface area contributed by atoms with Crippen LogP contribution in [0.2, 0.25) is 0 Å². The lowest BCUT2D eigenvalue weighted by atomic mass is 10.1. The Balaban J connectivity index is 2.66. The number of ether oxygens (including phenoxy) is 3. The Kier molecular flexibility index (Phi) is 8.31. The van der Waals surface area contributed by atoms with Gasteiger partial charge in [0.15, 0.2) is 17.2 Å². The Morgan fingerprint density at radius 2 is 2.04 bits per heavy atom. The topological polar surface area (TPSA) is 107 Å². The Bertz CT molecular complexity index is 618. The molecule has 0 aromatic carbocycles. The Morgan fingerprint density at radius 3 is 2.65 bits per heavy atom. The summed E-state index contributed by atoms with van der Waals surface area (Å²) < 4.78 is 15.7. The molecule has 8 nitrogen and oxygen atoms in total. The van der Waals surface area contributed by atoms with Crippen molar-refractivity contribution in [2.75, 3.05) is 20.3 Å². The van der Waals surface area contributed by atoms with Crippen LogP contribution in [0, 0.1) is 0 Å². The van der Waals surface area contributed by atoms with E-state index in [2.05, 4.69) is 10.3 Å². The maximum atomic E-state index is 12.4. The number of carbonyl (C=O) groups excluding carboxylic acids is 2. The van der Waals surface area contributed by atoms with E-state index in [9.17, 15) is 14.7 Å². The fourth-order valence-corrected chi connectivity index (χ4v) is 2.05. The largest absolute Gasteiger partial charge is 0.503 e. The van der Waals surface area contributed by atoms with Crippen LogP contribution in [0.3, 0.4) is 0 Å². The van der Waals surface area contributed by atoms with Gasteiger partial charge in [0.2, 0.25) is 0 Å². The van der Waals surface area contributed by atoms with Gasteiger partial charge in [-0.25, -0.2) is 9.78 Å².